The van der Waals surface area contributed by atoms with Gasteiger partial charge in [0.1, 0.15) is 6.33 Å². The van der Waals surface area contributed by atoms with Crippen LogP contribution in [-0.2, 0) is 0 Å². The van der Waals surface area contributed by atoms with Crippen LogP contribution >= 0.6 is 11.8 Å². The Labute approximate surface area is 111 Å². The molecule has 0 bridgehead atoms. The molecule has 0 aliphatic carbocycles. The fraction of sp³-hybridized carbons (Fsp3) is 0.231. The number of nitrogens with zero attached hydrogens (tertiary/aromatic N) is 4. The van der Waals surface area contributed by atoms with Crippen LogP contribution in [0.5, 0.6) is 0 Å². The third kappa shape index (κ3) is 2.92. The third-order valence-electron chi connectivity index (χ3n) is 2.43. The summed E-state index contributed by atoms with van der Waals surface area (Å²) in [7, 11) is 0. The predicted molar refractivity (Wildman–Crippen MR) is 73.9 cm³/mol. The van der Waals surface area contributed by atoms with Crippen molar-refractivity contribution in [2.45, 2.75) is 18.7 Å². The van der Waals surface area contributed by atoms with Gasteiger partial charge in [-0.2, -0.15) is 0 Å². The summed E-state index contributed by atoms with van der Waals surface area (Å²) in [4.78, 5) is 9.01. The second-order valence-corrected chi connectivity index (χ2v) is 4.72. The minimum Gasteiger partial charge on any atom is -0.245 e. The number of rotatable bonds is 3. The molecular formula is C13H14N4S. The Morgan fingerprint density at radius 2 is 2.00 bits per heavy atom. The molecule has 2 aromatic rings. The van der Waals surface area contributed by atoms with E-state index in [2.05, 4.69) is 40.1 Å². The second kappa shape index (κ2) is 5.73. The van der Waals surface area contributed by atoms with Crippen LogP contribution < -0.4 is 0 Å². The third-order valence-corrected chi connectivity index (χ3v) is 3.37. The highest BCUT2D eigenvalue weighted by Crippen LogP contribution is 2.33. The van der Waals surface area contributed by atoms with Crippen LogP contribution in [0.2, 0.25) is 0 Å². The van der Waals surface area contributed by atoms with Gasteiger partial charge in [0.25, 0.3) is 0 Å². The molecule has 0 N–H and O–H groups in total. The molecule has 0 unspecified atom stereocenters. The van der Waals surface area contributed by atoms with Crippen molar-refractivity contribution in [3.05, 3.63) is 41.9 Å². The normalized spacial score (nSPS) is 11.1. The average Bonchev–Trinajstić information content (AvgIpc) is 2.37. The molecule has 0 saturated carbocycles. The molecule has 0 radical (unpaired) electrons. The Balaban J connectivity index is 2.37. The zero-order valence-corrected chi connectivity index (χ0v) is 11.4. The van der Waals surface area contributed by atoms with E-state index < -0.39 is 0 Å². The summed E-state index contributed by atoms with van der Waals surface area (Å²) >= 11 is 1.68. The standard InChI is InChI=1S/C13H14N4S/c1-9-6-10(2)13(18-3)11(7-9)16-17-12-4-5-14-8-15-12/h4-8H,1-3H3. The van der Waals surface area contributed by atoms with Crippen LogP contribution in [0.4, 0.5) is 11.5 Å². The lowest BCUT2D eigenvalue weighted by Gasteiger charge is -2.07. The summed E-state index contributed by atoms with van der Waals surface area (Å²) in [5.41, 5.74) is 3.29. The summed E-state index contributed by atoms with van der Waals surface area (Å²) < 4.78 is 0. The zero-order chi connectivity index (χ0) is 13.0. The lowest BCUT2D eigenvalue weighted by molar-refractivity contribution is 1.08. The highest BCUT2D eigenvalue weighted by atomic mass is 32.2. The molecule has 0 spiro atoms. The van der Waals surface area contributed by atoms with Crippen molar-refractivity contribution in [2.75, 3.05) is 6.26 Å². The minimum atomic E-state index is 0.566. The van der Waals surface area contributed by atoms with E-state index in [9.17, 15) is 0 Å². The molecule has 0 amide bonds. The quantitative estimate of drug-likeness (QED) is 0.611. The van der Waals surface area contributed by atoms with Gasteiger partial charge in [0.2, 0.25) is 0 Å². The van der Waals surface area contributed by atoms with E-state index in [1.807, 2.05) is 12.3 Å². The summed E-state index contributed by atoms with van der Waals surface area (Å²) in [6, 6.07) is 5.91. The van der Waals surface area contributed by atoms with Crippen LogP contribution in [-0.4, -0.2) is 16.2 Å². The van der Waals surface area contributed by atoms with Crippen LogP contribution in [0.3, 0.4) is 0 Å². The molecule has 0 aliphatic rings. The van der Waals surface area contributed by atoms with Gasteiger partial charge in [-0.15, -0.1) is 22.0 Å². The minimum absolute atomic E-state index is 0.566. The topological polar surface area (TPSA) is 50.5 Å². The van der Waals surface area contributed by atoms with Gasteiger partial charge in [0.15, 0.2) is 5.82 Å². The highest BCUT2D eigenvalue weighted by molar-refractivity contribution is 7.98. The van der Waals surface area contributed by atoms with E-state index in [1.165, 1.54) is 17.5 Å². The van der Waals surface area contributed by atoms with E-state index in [0.29, 0.717) is 5.82 Å². The zero-order valence-electron chi connectivity index (χ0n) is 10.6. The van der Waals surface area contributed by atoms with Gasteiger partial charge < -0.3 is 0 Å². The molecule has 4 nitrogen and oxygen atoms in total. The Hall–Kier alpha value is -1.75. The molecule has 0 atom stereocenters. The van der Waals surface area contributed by atoms with Gasteiger partial charge in [-0.25, -0.2) is 9.97 Å². The number of hydrogen-bond donors (Lipinski definition) is 0. The van der Waals surface area contributed by atoms with Crippen molar-refractivity contribution in [1.82, 2.24) is 9.97 Å². The monoisotopic (exact) mass is 258 g/mol. The van der Waals surface area contributed by atoms with Crippen molar-refractivity contribution in [2.24, 2.45) is 10.2 Å². The van der Waals surface area contributed by atoms with Gasteiger partial charge >= 0.3 is 0 Å². The molecule has 1 aromatic heterocycles. The number of azo groups is 1. The molecule has 5 heteroatoms. The largest absolute Gasteiger partial charge is 0.245 e. The Morgan fingerprint density at radius 3 is 2.67 bits per heavy atom. The molecule has 2 rings (SSSR count). The van der Waals surface area contributed by atoms with Gasteiger partial charge in [0.05, 0.1) is 5.69 Å². The number of thioether (sulfide) groups is 1. The van der Waals surface area contributed by atoms with Gasteiger partial charge in [-0.3, -0.25) is 0 Å². The van der Waals surface area contributed by atoms with E-state index in [0.717, 1.165) is 10.6 Å². The molecule has 18 heavy (non-hydrogen) atoms. The summed E-state index contributed by atoms with van der Waals surface area (Å²) in [5, 5.41) is 8.41. The van der Waals surface area contributed by atoms with E-state index in [1.54, 1.807) is 24.0 Å². The van der Waals surface area contributed by atoms with Crippen LogP contribution in [0, 0.1) is 13.8 Å². The SMILES string of the molecule is CSc1c(C)cc(C)cc1N=Nc1ccncn1. The summed E-state index contributed by atoms with van der Waals surface area (Å²) in [5.74, 6) is 0.566. The van der Waals surface area contributed by atoms with Crippen LogP contribution in [0.1, 0.15) is 11.1 Å². The maximum Gasteiger partial charge on any atom is 0.177 e. The fourth-order valence-electron chi connectivity index (χ4n) is 1.72. The first-order chi connectivity index (χ1) is 8.70. The lowest BCUT2D eigenvalue weighted by Crippen LogP contribution is -1.83. The predicted octanol–water partition coefficient (Wildman–Crippen LogP) is 4.23. The van der Waals surface area contributed by atoms with E-state index in [-0.39, 0.29) is 0 Å². The van der Waals surface area contributed by atoms with Crippen LogP contribution in [0.15, 0.2) is 45.8 Å². The molecule has 92 valence electrons. The molecular weight excluding hydrogens is 244 g/mol. The maximum atomic E-state index is 4.28. The van der Waals surface area contributed by atoms with E-state index >= 15 is 0 Å². The van der Waals surface area contributed by atoms with Gasteiger partial charge in [-0.05, 0) is 37.3 Å². The van der Waals surface area contributed by atoms with E-state index in [4.69, 9.17) is 0 Å². The Morgan fingerprint density at radius 1 is 1.17 bits per heavy atom. The van der Waals surface area contributed by atoms with Crippen molar-refractivity contribution in [1.29, 1.82) is 0 Å². The Bertz CT molecular complexity index is 567. The molecule has 1 heterocycles. The number of aromatic nitrogens is 2. The molecule has 1 aromatic carbocycles. The first kappa shape index (κ1) is 12.7. The number of hydrogen-bond acceptors (Lipinski definition) is 5. The average molecular weight is 258 g/mol. The highest BCUT2D eigenvalue weighted by Gasteiger charge is 2.05. The van der Waals surface area contributed by atoms with Crippen molar-refractivity contribution >= 4 is 23.3 Å². The van der Waals surface area contributed by atoms with Gasteiger partial charge in [0, 0.05) is 17.2 Å². The maximum absolute atomic E-state index is 4.28. The van der Waals surface area contributed by atoms with Crippen molar-refractivity contribution < 1.29 is 0 Å². The smallest absolute Gasteiger partial charge is 0.177 e. The molecule has 0 aliphatic heterocycles. The van der Waals surface area contributed by atoms with Crippen LogP contribution in [0.25, 0.3) is 0 Å². The fourth-order valence-corrected chi connectivity index (χ4v) is 2.41. The summed E-state index contributed by atoms with van der Waals surface area (Å²) in [6.45, 7) is 4.14. The molecule has 0 saturated heterocycles. The first-order valence-electron chi connectivity index (χ1n) is 5.53. The molecule has 0 fully saturated rings. The number of aryl methyl sites for hydroxylation is 2. The van der Waals surface area contributed by atoms with Crippen molar-refractivity contribution in [3.63, 3.8) is 0 Å². The first-order valence-corrected chi connectivity index (χ1v) is 6.76. The Kier molecular flexibility index (Phi) is 4.04. The summed E-state index contributed by atoms with van der Waals surface area (Å²) in [6.07, 6.45) is 5.16. The second-order valence-electron chi connectivity index (χ2n) is 3.90. The van der Waals surface area contributed by atoms with Crippen molar-refractivity contribution in [3.8, 4) is 0 Å². The lowest BCUT2D eigenvalue weighted by atomic mass is 10.1. The number of benzene rings is 1. The van der Waals surface area contributed by atoms with Gasteiger partial charge in [-0.1, -0.05) is 6.07 Å².